The Bertz CT molecular complexity index is 912. The maximum atomic E-state index is 12.5. The van der Waals surface area contributed by atoms with Crippen LogP contribution in [0.5, 0.6) is 0 Å². The number of hydrogen-bond donors (Lipinski definition) is 2. The molecule has 1 aliphatic carbocycles. The minimum Gasteiger partial charge on any atom is -0.352 e. The Hall–Kier alpha value is -1.76. The molecule has 2 aromatic rings. The van der Waals surface area contributed by atoms with Crippen molar-refractivity contribution >= 4 is 44.8 Å². The van der Waals surface area contributed by atoms with Gasteiger partial charge in [-0.3, -0.25) is 9.52 Å². The third-order valence-corrected chi connectivity index (χ3v) is 5.91. The number of nitrogens with one attached hydrogen (secondary N) is 2. The highest BCUT2D eigenvalue weighted by Gasteiger charge is 2.22. The van der Waals surface area contributed by atoms with Gasteiger partial charge in [-0.05, 0) is 55.2 Å². The highest BCUT2D eigenvalue weighted by atomic mass is 35.5. The average molecular weight is 399 g/mol. The summed E-state index contributed by atoms with van der Waals surface area (Å²) in [6, 6.07) is 10.5. The second-order valence-corrected chi connectivity index (χ2v) is 8.41. The van der Waals surface area contributed by atoms with E-state index in [1.165, 1.54) is 24.3 Å². The van der Waals surface area contributed by atoms with E-state index in [4.69, 9.17) is 23.2 Å². The lowest BCUT2D eigenvalue weighted by molar-refractivity contribution is 0.0952. The lowest BCUT2D eigenvalue weighted by atomic mass is 10.2. The Balaban J connectivity index is 1.78. The van der Waals surface area contributed by atoms with Crippen LogP contribution in [0.2, 0.25) is 10.0 Å². The number of sulfonamides is 1. The van der Waals surface area contributed by atoms with E-state index in [2.05, 4.69) is 10.0 Å². The Kier molecular flexibility index (Phi) is 5.22. The fourth-order valence-electron chi connectivity index (χ4n) is 2.28. The molecule has 132 valence electrons. The van der Waals surface area contributed by atoms with Gasteiger partial charge in [0.25, 0.3) is 15.9 Å². The van der Waals surface area contributed by atoms with Crippen LogP contribution in [0.4, 0.5) is 5.69 Å². The summed E-state index contributed by atoms with van der Waals surface area (Å²) in [6.45, 7) is 0.646. The monoisotopic (exact) mass is 398 g/mol. The van der Waals surface area contributed by atoms with Crippen molar-refractivity contribution in [1.82, 2.24) is 5.32 Å². The molecule has 1 amide bonds. The lowest BCUT2D eigenvalue weighted by Crippen LogP contribution is -2.25. The van der Waals surface area contributed by atoms with Gasteiger partial charge in [0.05, 0.1) is 5.02 Å². The van der Waals surface area contributed by atoms with Gasteiger partial charge in [0.15, 0.2) is 0 Å². The molecule has 0 bridgehead atoms. The van der Waals surface area contributed by atoms with Crippen molar-refractivity contribution in [3.63, 3.8) is 0 Å². The van der Waals surface area contributed by atoms with Crippen LogP contribution in [0.15, 0.2) is 47.4 Å². The predicted molar refractivity (Wildman–Crippen MR) is 98.8 cm³/mol. The van der Waals surface area contributed by atoms with Gasteiger partial charge in [0, 0.05) is 22.8 Å². The third-order valence-electron chi connectivity index (χ3n) is 3.81. The van der Waals surface area contributed by atoms with E-state index in [9.17, 15) is 13.2 Å². The van der Waals surface area contributed by atoms with E-state index < -0.39 is 10.0 Å². The molecule has 0 unspecified atom stereocenters. The summed E-state index contributed by atoms with van der Waals surface area (Å²) in [7, 11) is -3.92. The Labute approximate surface area is 156 Å². The van der Waals surface area contributed by atoms with Gasteiger partial charge in [-0.1, -0.05) is 29.3 Å². The summed E-state index contributed by atoms with van der Waals surface area (Å²) in [4.78, 5) is 12.0. The molecule has 0 atom stereocenters. The van der Waals surface area contributed by atoms with E-state index in [0.717, 1.165) is 12.8 Å². The van der Waals surface area contributed by atoms with E-state index >= 15 is 0 Å². The van der Waals surface area contributed by atoms with E-state index in [-0.39, 0.29) is 26.5 Å². The lowest BCUT2D eigenvalue weighted by Gasteiger charge is -2.11. The molecule has 0 aromatic heterocycles. The number of amides is 1. The van der Waals surface area contributed by atoms with Crippen LogP contribution in [0.3, 0.4) is 0 Å². The van der Waals surface area contributed by atoms with Crippen molar-refractivity contribution in [3.05, 3.63) is 58.1 Å². The quantitative estimate of drug-likeness (QED) is 0.773. The predicted octanol–water partition coefficient (Wildman–Crippen LogP) is 3.93. The standard InChI is InChI=1S/C17H16Cl2N2O3S/c18-13-6-7-15(19)16(9-13)25(23,24)21-14-3-1-2-12(8-14)17(22)20-10-11-4-5-11/h1-3,6-9,11,21H,4-5,10H2,(H,20,22). The van der Waals surface area contributed by atoms with Crippen LogP contribution in [-0.4, -0.2) is 20.9 Å². The Morgan fingerprint density at radius 3 is 2.60 bits per heavy atom. The molecular weight excluding hydrogens is 383 g/mol. The highest BCUT2D eigenvalue weighted by Crippen LogP contribution is 2.28. The van der Waals surface area contributed by atoms with Gasteiger partial charge < -0.3 is 5.32 Å². The molecule has 0 radical (unpaired) electrons. The first kappa shape index (κ1) is 18.0. The number of hydrogen-bond acceptors (Lipinski definition) is 3. The zero-order chi connectivity index (χ0) is 18.0. The molecule has 0 saturated heterocycles. The van der Waals surface area contributed by atoms with Gasteiger partial charge in [-0.15, -0.1) is 0 Å². The highest BCUT2D eigenvalue weighted by molar-refractivity contribution is 7.92. The topological polar surface area (TPSA) is 75.3 Å². The van der Waals surface area contributed by atoms with Crippen LogP contribution >= 0.6 is 23.2 Å². The van der Waals surface area contributed by atoms with Crippen LogP contribution in [0.1, 0.15) is 23.2 Å². The molecule has 2 aromatic carbocycles. The van der Waals surface area contributed by atoms with Gasteiger partial charge in [0.2, 0.25) is 0 Å². The molecular formula is C17H16Cl2N2O3S. The van der Waals surface area contributed by atoms with Crippen molar-refractivity contribution in [2.45, 2.75) is 17.7 Å². The van der Waals surface area contributed by atoms with Crippen molar-refractivity contribution in [2.24, 2.45) is 5.92 Å². The van der Waals surface area contributed by atoms with E-state index in [1.807, 2.05) is 0 Å². The summed E-state index contributed by atoms with van der Waals surface area (Å²) in [5.74, 6) is 0.337. The van der Waals surface area contributed by atoms with Crippen molar-refractivity contribution in [2.75, 3.05) is 11.3 Å². The molecule has 0 spiro atoms. The molecule has 1 fully saturated rings. The van der Waals surface area contributed by atoms with Crippen LogP contribution in [0, 0.1) is 5.92 Å². The van der Waals surface area contributed by atoms with Crippen molar-refractivity contribution in [1.29, 1.82) is 0 Å². The number of benzene rings is 2. The summed E-state index contributed by atoms with van der Waals surface area (Å²) in [5.41, 5.74) is 0.660. The van der Waals surface area contributed by atoms with Crippen molar-refractivity contribution < 1.29 is 13.2 Å². The SMILES string of the molecule is O=C(NCC1CC1)c1cccc(NS(=O)(=O)c2cc(Cl)ccc2Cl)c1. The molecule has 8 heteroatoms. The van der Waals surface area contributed by atoms with Gasteiger partial charge in [-0.2, -0.15) is 0 Å². The number of anilines is 1. The second kappa shape index (κ2) is 7.23. The van der Waals surface area contributed by atoms with Gasteiger partial charge in [-0.25, -0.2) is 8.42 Å². The normalized spacial score (nSPS) is 14.2. The van der Waals surface area contributed by atoms with E-state index in [0.29, 0.717) is 18.0 Å². The number of rotatable bonds is 6. The summed E-state index contributed by atoms with van der Waals surface area (Å²) in [6.07, 6.45) is 2.28. The summed E-state index contributed by atoms with van der Waals surface area (Å²) in [5, 5.41) is 3.17. The smallest absolute Gasteiger partial charge is 0.263 e. The average Bonchev–Trinajstić information content (AvgIpc) is 3.39. The molecule has 0 aliphatic heterocycles. The molecule has 1 aliphatic rings. The van der Waals surface area contributed by atoms with Gasteiger partial charge >= 0.3 is 0 Å². The van der Waals surface area contributed by atoms with Crippen LogP contribution < -0.4 is 10.0 Å². The largest absolute Gasteiger partial charge is 0.352 e. The Morgan fingerprint density at radius 2 is 1.88 bits per heavy atom. The van der Waals surface area contributed by atoms with E-state index in [1.54, 1.807) is 18.2 Å². The number of halogens is 2. The minimum absolute atomic E-state index is 0.0650. The molecule has 25 heavy (non-hydrogen) atoms. The first-order chi connectivity index (χ1) is 11.8. The van der Waals surface area contributed by atoms with Crippen LogP contribution in [0.25, 0.3) is 0 Å². The Morgan fingerprint density at radius 1 is 1.12 bits per heavy atom. The number of carbonyl (C=O) groups is 1. The fraction of sp³-hybridized carbons (Fsp3) is 0.235. The molecule has 1 saturated carbocycles. The minimum atomic E-state index is -3.92. The van der Waals surface area contributed by atoms with Crippen molar-refractivity contribution in [3.8, 4) is 0 Å². The zero-order valence-corrected chi connectivity index (χ0v) is 15.5. The summed E-state index contributed by atoms with van der Waals surface area (Å²) >= 11 is 11.8. The molecule has 2 N–H and O–H groups in total. The molecule has 3 rings (SSSR count). The molecule has 0 heterocycles. The first-order valence-corrected chi connectivity index (χ1v) is 9.95. The van der Waals surface area contributed by atoms with Gasteiger partial charge in [0.1, 0.15) is 4.90 Å². The second-order valence-electron chi connectivity index (χ2n) is 5.91. The van der Waals surface area contributed by atoms with Crippen LogP contribution in [-0.2, 0) is 10.0 Å². The summed E-state index contributed by atoms with van der Waals surface area (Å²) < 4.78 is 27.5. The fourth-order valence-corrected chi connectivity index (χ4v) is 4.09. The number of carbonyl (C=O) groups excluding carboxylic acids is 1. The third kappa shape index (κ3) is 4.66. The first-order valence-electron chi connectivity index (χ1n) is 7.71. The molecule has 5 nitrogen and oxygen atoms in total. The maximum absolute atomic E-state index is 12.5. The maximum Gasteiger partial charge on any atom is 0.263 e. The zero-order valence-electron chi connectivity index (χ0n) is 13.1.